The molecular formula is C14H13BrCl2N4O2. The summed E-state index contributed by atoms with van der Waals surface area (Å²) < 4.78 is 1.53. The lowest BCUT2D eigenvalue weighted by Crippen LogP contribution is -2.32. The van der Waals surface area contributed by atoms with Gasteiger partial charge in [-0.25, -0.2) is 4.68 Å². The van der Waals surface area contributed by atoms with Crippen molar-refractivity contribution in [2.24, 2.45) is 7.05 Å². The molecule has 0 aliphatic rings. The predicted octanol–water partition coefficient (Wildman–Crippen LogP) is 2.92. The molecule has 0 unspecified atom stereocenters. The maximum absolute atomic E-state index is 12.2. The normalized spacial score (nSPS) is 10.5. The zero-order chi connectivity index (χ0) is 17.1. The van der Waals surface area contributed by atoms with Gasteiger partial charge in [0.25, 0.3) is 5.56 Å². The number of nitrogens with one attached hydrogen (secondary N) is 1. The number of aryl methyl sites for hydroxylation is 1. The number of carbonyl (C=O) groups is 1. The molecule has 0 aliphatic heterocycles. The molecule has 0 bridgehead atoms. The Morgan fingerprint density at radius 3 is 2.61 bits per heavy atom. The summed E-state index contributed by atoms with van der Waals surface area (Å²) in [5.41, 5.74) is 0.577. The third-order valence-electron chi connectivity index (χ3n) is 3.08. The molecule has 122 valence electrons. The third kappa shape index (κ3) is 4.04. The van der Waals surface area contributed by atoms with Crippen LogP contribution in [0.2, 0.25) is 10.0 Å². The quantitative estimate of drug-likeness (QED) is 0.827. The number of hydrogen-bond acceptors (Lipinski definition) is 4. The third-order valence-corrected chi connectivity index (χ3v) is 4.45. The first-order valence-electron chi connectivity index (χ1n) is 6.48. The van der Waals surface area contributed by atoms with Gasteiger partial charge in [0.15, 0.2) is 0 Å². The molecule has 9 heteroatoms. The highest BCUT2D eigenvalue weighted by molar-refractivity contribution is 9.10. The molecule has 1 N–H and O–H groups in total. The van der Waals surface area contributed by atoms with Gasteiger partial charge >= 0.3 is 0 Å². The molecule has 1 heterocycles. The van der Waals surface area contributed by atoms with E-state index in [1.165, 1.54) is 10.9 Å². The minimum absolute atomic E-state index is 0.00496. The summed E-state index contributed by atoms with van der Waals surface area (Å²) in [5, 5.41) is 7.30. The Kier molecular flexibility index (Phi) is 5.67. The van der Waals surface area contributed by atoms with E-state index in [9.17, 15) is 9.59 Å². The van der Waals surface area contributed by atoms with Crippen molar-refractivity contribution in [3.05, 3.63) is 49.3 Å². The molecule has 0 saturated carbocycles. The number of likely N-dealkylation sites (N-methyl/N-ethyl adjacent to an activating group) is 1. The molecule has 2 rings (SSSR count). The number of hydrogen-bond donors (Lipinski definition) is 1. The number of rotatable bonds is 4. The molecule has 2 aromatic rings. The number of benzene rings is 1. The molecule has 23 heavy (non-hydrogen) atoms. The van der Waals surface area contributed by atoms with E-state index in [0.29, 0.717) is 25.9 Å². The zero-order valence-corrected chi connectivity index (χ0v) is 15.4. The van der Waals surface area contributed by atoms with E-state index in [0.717, 1.165) is 0 Å². The van der Waals surface area contributed by atoms with Crippen molar-refractivity contribution in [1.29, 1.82) is 0 Å². The van der Waals surface area contributed by atoms with Crippen molar-refractivity contribution < 1.29 is 4.79 Å². The number of carbonyl (C=O) groups excluding carboxylic acids is 1. The van der Waals surface area contributed by atoms with Gasteiger partial charge in [-0.05, 0) is 28.1 Å². The van der Waals surface area contributed by atoms with Gasteiger partial charge in [0.05, 0.1) is 34.2 Å². The van der Waals surface area contributed by atoms with Crippen molar-refractivity contribution in [2.45, 2.75) is 0 Å². The number of halogens is 3. The highest BCUT2D eigenvalue weighted by Crippen LogP contribution is 2.29. The lowest BCUT2D eigenvalue weighted by molar-refractivity contribution is -0.114. The van der Waals surface area contributed by atoms with Crippen LogP contribution in [0.5, 0.6) is 0 Å². The van der Waals surface area contributed by atoms with Crippen LogP contribution >= 0.6 is 39.1 Å². The fourth-order valence-corrected chi connectivity index (χ4v) is 3.02. The lowest BCUT2D eigenvalue weighted by atomic mass is 10.3. The standard InChI is InChI=1S/C14H13BrCl2N4O2/c1-20(10-6-18-21(2)14(23)12(10)15)7-11(22)19-13-8(16)4-3-5-9(13)17/h3-6H,7H2,1-2H3,(H,19,22). The zero-order valence-electron chi connectivity index (χ0n) is 12.3. The van der Waals surface area contributed by atoms with E-state index in [4.69, 9.17) is 23.2 Å². The Hall–Kier alpha value is -1.57. The van der Waals surface area contributed by atoms with E-state index in [1.807, 2.05) is 0 Å². The van der Waals surface area contributed by atoms with Crippen molar-refractivity contribution >= 4 is 56.4 Å². The van der Waals surface area contributed by atoms with Gasteiger partial charge in [0.2, 0.25) is 5.91 Å². The molecule has 0 radical (unpaired) electrons. The van der Waals surface area contributed by atoms with Crippen LogP contribution in [-0.2, 0) is 11.8 Å². The Labute approximate surface area is 151 Å². The topological polar surface area (TPSA) is 67.2 Å². The number of anilines is 2. The van der Waals surface area contributed by atoms with Crippen LogP contribution in [0.25, 0.3) is 0 Å². The van der Waals surface area contributed by atoms with Crippen molar-refractivity contribution in [3.63, 3.8) is 0 Å². The molecular weight excluding hydrogens is 407 g/mol. The fraction of sp³-hybridized carbons (Fsp3) is 0.214. The van der Waals surface area contributed by atoms with Crippen LogP contribution in [0, 0.1) is 0 Å². The van der Waals surface area contributed by atoms with Gasteiger partial charge in [0, 0.05) is 14.1 Å². The second-order valence-electron chi connectivity index (χ2n) is 4.77. The fourth-order valence-electron chi connectivity index (χ4n) is 1.86. The molecule has 6 nitrogen and oxygen atoms in total. The van der Waals surface area contributed by atoms with Crippen LogP contribution < -0.4 is 15.8 Å². The van der Waals surface area contributed by atoms with Crippen molar-refractivity contribution in [2.75, 3.05) is 23.8 Å². The Bertz CT molecular complexity index is 790. The van der Waals surface area contributed by atoms with E-state index in [1.54, 1.807) is 37.2 Å². The Balaban J connectivity index is 2.15. The molecule has 0 spiro atoms. The minimum Gasteiger partial charge on any atom is -0.363 e. The molecule has 1 aromatic carbocycles. The summed E-state index contributed by atoms with van der Waals surface area (Å²) in [6.07, 6.45) is 1.50. The first-order chi connectivity index (χ1) is 10.8. The number of para-hydroxylation sites is 1. The molecule has 1 aromatic heterocycles. The van der Waals surface area contributed by atoms with Crippen LogP contribution in [0.15, 0.2) is 33.7 Å². The first kappa shape index (κ1) is 17.8. The molecule has 0 saturated heterocycles. The number of aromatic nitrogens is 2. The van der Waals surface area contributed by atoms with E-state index >= 15 is 0 Å². The lowest BCUT2D eigenvalue weighted by Gasteiger charge is -2.20. The van der Waals surface area contributed by atoms with Crippen molar-refractivity contribution in [1.82, 2.24) is 9.78 Å². The highest BCUT2D eigenvalue weighted by Gasteiger charge is 2.15. The molecule has 1 amide bonds. The summed E-state index contributed by atoms with van der Waals surface area (Å²) in [6, 6.07) is 4.96. The maximum Gasteiger partial charge on any atom is 0.282 e. The number of nitrogens with zero attached hydrogens (tertiary/aromatic N) is 3. The van der Waals surface area contributed by atoms with Gasteiger partial charge in [-0.3, -0.25) is 9.59 Å². The summed E-state index contributed by atoms with van der Waals surface area (Å²) in [6.45, 7) is -0.00496. The summed E-state index contributed by atoms with van der Waals surface area (Å²) in [4.78, 5) is 25.6. The Morgan fingerprint density at radius 2 is 2.00 bits per heavy atom. The maximum atomic E-state index is 12.2. The van der Waals surface area contributed by atoms with Gasteiger partial charge in [0.1, 0.15) is 4.47 Å². The minimum atomic E-state index is -0.324. The summed E-state index contributed by atoms with van der Waals surface area (Å²) in [5.74, 6) is -0.324. The van der Waals surface area contributed by atoms with E-state index < -0.39 is 0 Å². The van der Waals surface area contributed by atoms with Gasteiger partial charge < -0.3 is 10.2 Å². The predicted molar refractivity (Wildman–Crippen MR) is 95.5 cm³/mol. The number of amides is 1. The van der Waals surface area contributed by atoms with Crippen molar-refractivity contribution in [3.8, 4) is 0 Å². The summed E-state index contributed by atoms with van der Waals surface area (Å²) >= 11 is 15.3. The SMILES string of the molecule is CN(CC(=O)Nc1c(Cl)cccc1Cl)c1cnn(C)c(=O)c1Br. The monoisotopic (exact) mass is 418 g/mol. The van der Waals surface area contributed by atoms with E-state index in [2.05, 4.69) is 26.3 Å². The average Bonchev–Trinajstić information content (AvgIpc) is 2.48. The van der Waals surface area contributed by atoms with E-state index in [-0.39, 0.29) is 18.0 Å². The van der Waals surface area contributed by atoms with Gasteiger partial charge in [-0.1, -0.05) is 29.3 Å². The van der Waals surface area contributed by atoms with Crippen LogP contribution in [-0.4, -0.2) is 29.3 Å². The molecule has 0 atom stereocenters. The molecule has 0 fully saturated rings. The van der Waals surface area contributed by atoms with Gasteiger partial charge in [-0.15, -0.1) is 0 Å². The van der Waals surface area contributed by atoms with Crippen LogP contribution in [0.3, 0.4) is 0 Å². The molecule has 0 aliphatic carbocycles. The highest BCUT2D eigenvalue weighted by atomic mass is 79.9. The van der Waals surface area contributed by atoms with Crippen LogP contribution in [0.4, 0.5) is 11.4 Å². The second-order valence-corrected chi connectivity index (χ2v) is 6.38. The summed E-state index contributed by atoms with van der Waals surface area (Å²) in [7, 11) is 3.22. The largest absolute Gasteiger partial charge is 0.363 e. The van der Waals surface area contributed by atoms with Gasteiger partial charge in [-0.2, -0.15) is 5.10 Å². The smallest absolute Gasteiger partial charge is 0.282 e. The average molecular weight is 420 g/mol. The first-order valence-corrected chi connectivity index (χ1v) is 8.03. The second kappa shape index (κ2) is 7.33. The Morgan fingerprint density at radius 1 is 1.39 bits per heavy atom. The van der Waals surface area contributed by atoms with Crippen LogP contribution in [0.1, 0.15) is 0 Å².